The van der Waals surface area contributed by atoms with Crippen molar-refractivity contribution in [2.45, 2.75) is 19.9 Å². The molecule has 1 aromatic heterocycles. The van der Waals surface area contributed by atoms with Gasteiger partial charge in [0.15, 0.2) is 5.17 Å². The van der Waals surface area contributed by atoms with Crippen LogP contribution in [-0.4, -0.2) is 27.1 Å². The van der Waals surface area contributed by atoms with E-state index < -0.39 is 0 Å². The highest BCUT2D eigenvalue weighted by Crippen LogP contribution is 2.33. The van der Waals surface area contributed by atoms with Gasteiger partial charge in [-0.2, -0.15) is 0 Å². The Balaban J connectivity index is 1.59. The number of fused-ring (bicyclic) bond motifs is 1. The van der Waals surface area contributed by atoms with Crippen molar-refractivity contribution >= 4 is 62.9 Å². The Kier molecular flexibility index (Phi) is 5.51. The lowest BCUT2D eigenvalue weighted by atomic mass is 10.2. The van der Waals surface area contributed by atoms with Crippen LogP contribution < -0.4 is 10.6 Å². The smallest absolute Gasteiger partial charge is 0.264 e. The summed E-state index contributed by atoms with van der Waals surface area (Å²) in [6.45, 7) is 4.12. The first-order chi connectivity index (χ1) is 14.0. The maximum Gasteiger partial charge on any atom is 0.264 e. The number of nitrogens with one attached hydrogen (secondary N) is 2. The number of rotatable bonds is 4. The van der Waals surface area contributed by atoms with Crippen LogP contribution in [0.5, 0.6) is 0 Å². The van der Waals surface area contributed by atoms with Crippen molar-refractivity contribution in [3.05, 3.63) is 64.3 Å². The van der Waals surface area contributed by atoms with Gasteiger partial charge in [-0.1, -0.05) is 17.7 Å². The summed E-state index contributed by atoms with van der Waals surface area (Å²) in [5.41, 5.74) is 3.98. The number of hydrogen-bond donors (Lipinski definition) is 2. The van der Waals surface area contributed by atoms with Crippen LogP contribution in [0, 0.1) is 0 Å². The number of amidine groups is 1. The standard InChI is InChI=1S/C21H18ClN5OS/c1-12(2)25-14-4-5-15(22)17(11-14)26-21-27-20(28)19(29-21)10-13-3-6-16-18(9-13)24-8-7-23-16/h3-12,25H,1-2H3,(H,26,27,28)/b19-10-. The Hall–Kier alpha value is -2.90. The average Bonchev–Trinajstić information content (AvgIpc) is 3.03. The molecule has 0 atom stereocenters. The number of nitrogens with zero attached hydrogens (tertiary/aromatic N) is 3. The van der Waals surface area contributed by atoms with Crippen molar-refractivity contribution in [1.82, 2.24) is 15.3 Å². The van der Waals surface area contributed by atoms with Crippen LogP contribution in [0.2, 0.25) is 5.02 Å². The quantitative estimate of drug-likeness (QED) is 0.577. The van der Waals surface area contributed by atoms with Crippen LogP contribution in [0.15, 0.2) is 58.7 Å². The summed E-state index contributed by atoms with van der Waals surface area (Å²) < 4.78 is 0. The number of aliphatic imine (C=N–C) groups is 1. The fraction of sp³-hybridized carbons (Fsp3) is 0.143. The highest BCUT2D eigenvalue weighted by Gasteiger charge is 2.24. The monoisotopic (exact) mass is 423 g/mol. The fourth-order valence-electron chi connectivity index (χ4n) is 2.83. The van der Waals surface area contributed by atoms with E-state index in [1.807, 2.05) is 36.4 Å². The molecular weight excluding hydrogens is 406 g/mol. The van der Waals surface area contributed by atoms with E-state index in [0.29, 0.717) is 26.8 Å². The van der Waals surface area contributed by atoms with E-state index in [0.717, 1.165) is 22.3 Å². The number of hydrogen-bond acceptors (Lipinski definition) is 6. The van der Waals surface area contributed by atoms with Gasteiger partial charge >= 0.3 is 0 Å². The molecule has 0 bridgehead atoms. The Morgan fingerprint density at radius 3 is 2.72 bits per heavy atom. The van der Waals surface area contributed by atoms with Gasteiger partial charge in [-0.25, -0.2) is 4.99 Å². The number of aromatic nitrogens is 2. The molecule has 0 radical (unpaired) electrons. The minimum absolute atomic E-state index is 0.194. The molecule has 1 saturated heterocycles. The van der Waals surface area contributed by atoms with Crippen molar-refractivity contribution in [3.8, 4) is 0 Å². The van der Waals surface area contributed by atoms with E-state index >= 15 is 0 Å². The number of halogens is 1. The predicted molar refractivity (Wildman–Crippen MR) is 121 cm³/mol. The van der Waals surface area contributed by atoms with Gasteiger partial charge in [0.2, 0.25) is 0 Å². The molecule has 3 aromatic rings. The molecule has 8 heteroatoms. The van der Waals surface area contributed by atoms with Gasteiger partial charge in [0.1, 0.15) is 0 Å². The van der Waals surface area contributed by atoms with E-state index in [-0.39, 0.29) is 5.91 Å². The van der Waals surface area contributed by atoms with Gasteiger partial charge in [0, 0.05) is 24.1 Å². The van der Waals surface area contributed by atoms with E-state index in [2.05, 4.69) is 39.4 Å². The molecule has 0 saturated carbocycles. The Morgan fingerprint density at radius 1 is 1.14 bits per heavy atom. The lowest BCUT2D eigenvalue weighted by Gasteiger charge is -2.11. The summed E-state index contributed by atoms with van der Waals surface area (Å²) in [7, 11) is 0. The maximum absolute atomic E-state index is 12.4. The van der Waals surface area contributed by atoms with Crippen molar-refractivity contribution in [1.29, 1.82) is 0 Å². The second kappa shape index (κ2) is 8.23. The second-order valence-corrected chi connectivity index (χ2v) is 8.19. The first kappa shape index (κ1) is 19.4. The summed E-state index contributed by atoms with van der Waals surface area (Å²) in [6.07, 6.45) is 5.11. The van der Waals surface area contributed by atoms with Gasteiger partial charge < -0.3 is 10.6 Å². The first-order valence-corrected chi connectivity index (χ1v) is 10.2. The Bertz CT molecular complexity index is 1160. The zero-order valence-corrected chi connectivity index (χ0v) is 17.4. The maximum atomic E-state index is 12.4. The molecular formula is C21H18ClN5OS. The summed E-state index contributed by atoms with van der Waals surface area (Å²) in [5.74, 6) is -0.194. The third-order valence-corrected chi connectivity index (χ3v) is 5.29. The van der Waals surface area contributed by atoms with Crippen molar-refractivity contribution in [2.75, 3.05) is 5.32 Å². The number of anilines is 1. The predicted octanol–water partition coefficient (Wildman–Crippen LogP) is 5.00. The highest BCUT2D eigenvalue weighted by atomic mass is 35.5. The molecule has 6 nitrogen and oxygen atoms in total. The normalized spacial score (nSPS) is 16.8. The molecule has 0 spiro atoms. The van der Waals surface area contributed by atoms with Gasteiger partial charge in [-0.05, 0) is 67.6 Å². The average molecular weight is 424 g/mol. The molecule has 4 rings (SSSR count). The largest absolute Gasteiger partial charge is 0.383 e. The Labute approximate surface area is 177 Å². The topological polar surface area (TPSA) is 79.3 Å². The number of carbonyl (C=O) groups is 1. The van der Waals surface area contributed by atoms with E-state index in [1.165, 1.54) is 11.8 Å². The van der Waals surface area contributed by atoms with Crippen molar-refractivity contribution in [2.24, 2.45) is 4.99 Å². The molecule has 2 aromatic carbocycles. The molecule has 1 fully saturated rings. The molecule has 29 heavy (non-hydrogen) atoms. The summed E-state index contributed by atoms with van der Waals surface area (Å²) >= 11 is 7.56. The lowest BCUT2D eigenvalue weighted by Crippen LogP contribution is -2.19. The minimum Gasteiger partial charge on any atom is -0.383 e. The molecule has 1 aliphatic rings. The van der Waals surface area contributed by atoms with E-state index in [4.69, 9.17) is 11.6 Å². The van der Waals surface area contributed by atoms with Gasteiger partial charge in [-0.15, -0.1) is 0 Å². The highest BCUT2D eigenvalue weighted by molar-refractivity contribution is 8.18. The molecule has 0 aliphatic carbocycles. The van der Waals surface area contributed by atoms with Crippen LogP contribution in [0.1, 0.15) is 19.4 Å². The van der Waals surface area contributed by atoms with Crippen LogP contribution in [0.25, 0.3) is 17.1 Å². The minimum atomic E-state index is -0.194. The van der Waals surface area contributed by atoms with Crippen LogP contribution >= 0.6 is 23.4 Å². The van der Waals surface area contributed by atoms with Crippen LogP contribution in [0.3, 0.4) is 0 Å². The zero-order chi connectivity index (χ0) is 20.4. The number of amides is 1. The number of thioether (sulfide) groups is 1. The van der Waals surface area contributed by atoms with Crippen LogP contribution in [-0.2, 0) is 4.79 Å². The number of benzene rings is 2. The first-order valence-electron chi connectivity index (χ1n) is 9.04. The van der Waals surface area contributed by atoms with Crippen molar-refractivity contribution in [3.63, 3.8) is 0 Å². The molecule has 2 heterocycles. The van der Waals surface area contributed by atoms with Crippen LogP contribution in [0.4, 0.5) is 11.4 Å². The SMILES string of the molecule is CC(C)Nc1ccc(Cl)c(N=C2NC(=O)/C(=C/c3ccc4nccnc4c3)S2)c1. The zero-order valence-electron chi connectivity index (χ0n) is 15.8. The van der Waals surface area contributed by atoms with Crippen molar-refractivity contribution < 1.29 is 4.79 Å². The second-order valence-electron chi connectivity index (χ2n) is 6.75. The number of carbonyl (C=O) groups excluding carboxylic acids is 1. The van der Waals surface area contributed by atoms with E-state index in [1.54, 1.807) is 18.5 Å². The molecule has 1 aliphatic heterocycles. The fourth-order valence-corrected chi connectivity index (χ4v) is 3.83. The van der Waals surface area contributed by atoms with E-state index in [9.17, 15) is 4.79 Å². The summed E-state index contributed by atoms with van der Waals surface area (Å²) in [5, 5.41) is 7.13. The third-order valence-electron chi connectivity index (χ3n) is 4.07. The molecule has 2 N–H and O–H groups in total. The van der Waals surface area contributed by atoms with Gasteiger partial charge in [0.25, 0.3) is 5.91 Å². The lowest BCUT2D eigenvalue weighted by molar-refractivity contribution is -0.115. The van der Waals surface area contributed by atoms with Gasteiger partial charge in [-0.3, -0.25) is 14.8 Å². The molecule has 146 valence electrons. The third kappa shape index (κ3) is 4.58. The Morgan fingerprint density at radius 2 is 1.93 bits per heavy atom. The molecule has 0 unspecified atom stereocenters. The molecule has 1 amide bonds. The summed E-state index contributed by atoms with van der Waals surface area (Å²) in [4.78, 5) is 26.0. The summed E-state index contributed by atoms with van der Waals surface area (Å²) in [6, 6.07) is 11.5. The van der Waals surface area contributed by atoms with Gasteiger partial charge in [0.05, 0.1) is 26.6 Å².